The number of esters is 1. The topological polar surface area (TPSA) is 40.5 Å². The molecule has 1 aromatic heterocycles. The molecule has 0 aliphatic heterocycles. The van der Waals surface area contributed by atoms with E-state index in [9.17, 15) is 4.79 Å². The summed E-state index contributed by atoms with van der Waals surface area (Å²) >= 11 is 0. The van der Waals surface area contributed by atoms with Crippen LogP contribution in [0.1, 0.15) is 38.3 Å². The third-order valence-corrected chi connectivity index (χ3v) is 4.04. The van der Waals surface area contributed by atoms with Gasteiger partial charge in [-0.05, 0) is 38.2 Å². The lowest BCUT2D eigenvalue weighted by Gasteiger charge is -2.27. The molecule has 1 saturated carbocycles. The van der Waals surface area contributed by atoms with Crippen LogP contribution in [0.2, 0.25) is 0 Å². The lowest BCUT2D eigenvalue weighted by molar-refractivity contribution is -0.147. The number of carbonyl (C=O) groups excluding carboxylic acids is 1. The molecule has 0 atom stereocenters. The average Bonchev–Trinajstić information content (AvgIpc) is 2.79. The number of nitrogens with zero attached hydrogens (tertiary/aromatic N) is 1. The van der Waals surface area contributed by atoms with Crippen LogP contribution in [-0.2, 0) is 23.0 Å². The van der Waals surface area contributed by atoms with E-state index in [-0.39, 0.29) is 18.0 Å². The Morgan fingerprint density at radius 2 is 2.00 bits per heavy atom. The van der Waals surface area contributed by atoms with Gasteiger partial charge in [-0.1, -0.05) is 6.92 Å². The van der Waals surface area contributed by atoms with Gasteiger partial charge in [-0.15, -0.1) is 0 Å². The van der Waals surface area contributed by atoms with Crippen LogP contribution >= 0.6 is 0 Å². The molecule has 0 spiro atoms. The van der Waals surface area contributed by atoms with Crippen molar-refractivity contribution in [3.05, 3.63) is 17.8 Å². The normalized spacial score (nSPS) is 23.1. The van der Waals surface area contributed by atoms with Gasteiger partial charge in [0.05, 0.1) is 13.0 Å². The highest BCUT2D eigenvalue weighted by Gasteiger charge is 2.28. The van der Waals surface area contributed by atoms with Gasteiger partial charge in [0.25, 0.3) is 0 Å². The summed E-state index contributed by atoms with van der Waals surface area (Å²) in [6.07, 6.45) is 4.80. The van der Waals surface area contributed by atoms with Crippen molar-refractivity contribution in [1.82, 2.24) is 4.57 Å². The molecular formula is C15H23NO3. The van der Waals surface area contributed by atoms with Crippen LogP contribution in [-0.4, -0.2) is 23.8 Å². The molecule has 0 aromatic carbocycles. The van der Waals surface area contributed by atoms with Crippen LogP contribution in [0, 0.1) is 5.92 Å². The van der Waals surface area contributed by atoms with Crippen molar-refractivity contribution in [2.24, 2.45) is 13.0 Å². The Hall–Kier alpha value is -1.45. The Labute approximate surface area is 114 Å². The minimum Gasteiger partial charge on any atom is -0.476 e. The molecule has 0 unspecified atom stereocenters. The van der Waals surface area contributed by atoms with E-state index < -0.39 is 0 Å². The zero-order valence-corrected chi connectivity index (χ0v) is 12.0. The summed E-state index contributed by atoms with van der Waals surface area (Å²) in [4.78, 5) is 11.5. The molecule has 0 bridgehead atoms. The quantitative estimate of drug-likeness (QED) is 0.786. The Kier molecular flexibility index (Phi) is 4.51. The maximum Gasteiger partial charge on any atom is 0.308 e. The minimum atomic E-state index is -0.0782. The zero-order valence-electron chi connectivity index (χ0n) is 12.0. The highest BCUT2D eigenvalue weighted by Crippen LogP contribution is 2.29. The summed E-state index contributed by atoms with van der Waals surface area (Å²) in [5.41, 5.74) is 1.28. The number of hydrogen-bond donors (Lipinski definition) is 0. The number of ether oxygens (including phenoxy) is 2. The highest BCUT2D eigenvalue weighted by atomic mass is 16.5. The Morgan fingerprint density at radius 3 is 2.53 bits per heavy atom. The monoisotopic (exact) mass is 265 g/mol. The largest absolute Gasteiger partial charge is 0.476 e. The van der Waals surface area contributed by atoms with Crippen molar-refractivity contribution in [2.45, 2.75) is 45.1 Å². The summed E-state index contributed by atoms with van der Waals surface area (Å²) in [6, 6.07) is 4.14. The molecule has 4 heteroatoms. The fraction of sp³-hybridized carbons (Fsp3) is 0.667. The molecule has 0 N–H and O–H groups in total. The van der Waals surface area contributed by atoms with Crippen LogP contribution in [0.4, 0.5) is 0 Å². The minimum absolute atomic E-state index is 0.0597. The lowest BCUT2D eigenvalue weighted by Crippen LogP contribution is -2.29. The SMILES string of the molecule is CCc1ccc(OC2CCC(C(=O)OC)CC2)n1C. The van der Waals surface area contributed by atoms with E-state index >= 15 is 0 Å². The van der Waals surface area contributed by atoms with Gasteiger partial charge in [-0.25, -0.2) is 0 Å². The molecule has 2 rings (SSSR count). The summed E-state index contributed by atoms with van der Waals surface area (Å²) < 4.78 is 12.9. The molecular weight excluding hydrogens is 242 g/mol. The third kappa shape index (κ3) is 3.11. The summed E-state index contributed by atoms with van der Waals surface area (Å²) in [5.74, 6) is 0.911. The first-order valence-corrected chi connectivity index (χ1v) is 7.04. The first kappa shape index (κ1) is 14.0. The van der Waals surface area contributed by atoms with Gasteiger partial charge < -0.3 is 14.0 Å². The molecule has 1 aromatic rings. The first-order chi connectivity index (χ1) is 9.15. The number of hydrogen-bond acceptors (Lipinski definition) is 3. The maximum atomic E-state index is 11.5. The predicted molar refractivity (Wildman–Crippen MR) is 73.2 cm³/mol. The molecule has 0 amide bonds. The predicted octanol–water partition coefficient (Wildman–Crippen LogP) is 2.70. The average molecular weight is 265 g/mol. The first-order valence-electron chi connectivity index (χ1n) is 7.04. The summed E-state index contributed by atoms with van der Waals surface area (Å²) in [6.45, 7) is 2.14. The van der Waals surface area contributed by atoms with E-state index in [1.807, 2.05) is 13.1 Å². The van der Waals surface area contributed by atoms with Crippen molar-refractivity contribution >= 4 is 5.97 Å². The van der Waals surface area contributed by atoms with Crippen LogP contribution in [0.3, 0.4) is 0 Å². The molecule has 1 fully saturated rings. The molecule has 0 radical (unpaired) electrons. The van der Waals surface area contributed by atoms with Gasteiger partial charge in [-0.2, -0.15) is 0 Å². The van der Waals surface area contributed by atoms with Gasteiger partial charge >= 0.3 is 5.97 Å². The lowest BCUT2D eigenvalue weighted by atomic mass is 9.87. The van der Waals surface area contributed by atoms with Crippen LogP contribution in [0.25, 0.3) is 0 Å². The fourth-order valence-corrected chi connectivity index (χ4v) is 2.76. The molecule has 106 valence electrons. The van der Waals surface area contributed by atoms with Crippen molar-refractivity contribution in [3.8, 4) is 5.88 Å². The third-order valence-electron chi connectivity index (χ3n) is 4.04. The van der Waals surface area contributed by atoms with E-state index in [1.54, 1.807) is 0 Å². The van der Waals surface area contributed by atoms with Gasteiger partial charge in [-0.3, -0.25) is 4.79 Å². The van der Waals surface area contributed by atoms with Crippen molar-refractivity contribution in [3.63, 3.8) is 0 Å². The van der Waals surface area contributed by atoms with Crippen LogP contribution < -0.4 is 4.74 Å². The number of carbonyl (C=O) groups is 1. The zero-order chi connectivity index (χ0) is 13.8. The number of aryl methyl sites for hydroxylation is 1. The number of rotatable bonds is 4. The van der Waals surface area contributed by atoms with Gasteiger partial charge in [0.1, 0.15) is 6.10 Å². The molecule has 1 heterocycles. The summed E-state index contributed by atoms with van der Waals surface area (Å²) in [7, 11) is 3.50. The number of aromatic nitrogens is 1. The second-order valence-corrected chi connectivity index (χ2v) is 5.19. The van der Waals surface area contributed by atoms with E-state index in [2.05, 4.69) is 17.6 Å². The van der Waals surface area contributed by atoms with E-state index in [1.165, 1.54) is 12.8 Å². The molecule has 0 saturated heterocycles. The molecule has 1 aliphatic rings. The van der Waals surface area contributed by atoms with E-state index in [0.29, 0.717) is 0 Å². The van der Waals surface area contributed by atoms with E-state index in [0.717, 1.165) is 38.0 Å². The second-order valence-electron chi connectivity index (χ2n) is 5.19. The number of methoxy groups -OCH3 is 1. The fourth-order valence-electron chi connectivity index (χ4n) is 2.76. The van der Waals surface area contributed by atoms with E-state index in [4.69, 9.17) is 9.47 Å². The molecule has 19 heavy (non-hydrogen) atoms. The van der Waals surface area contributed by atoms with Crippen molar-refractivity contribution < 1.29 is 14.3 Å². The van der Waals surface area contributed by atoms with Gasteiger partial charge in [0.2, 0.25) is 0 Å². The van der Waals surface area contributed by atoms with Gasteiger partial charge in [0, 0.05) is 18.8 Å². The van der Waals surface area contributed by atoms with Crippen molar-refractivity contribution in [1.29, 1.82) is 0 Å². The Balaban J connectivity index is 1.88. The van der Waals surface area contributed by atoms with Crippen LogP contribution in [0.15, 0.2) is 12.1 Å². The highest BCUT2D eigenvalue weighted by molar-refractivity contribution is 5.72. The standard InChI is InChI=1S/C15H23NO3/c1-4-12-7-10-14(16(12)2)19-13-8-5-11(6-9-13)15(17)18-3/h7,10-11,13H,4-6,8-9H2,1-3H3. The second kappa shape index (κ2) is 6.13. The summed E-state index contributed by atoms with van der Waals surface area (Å²) in [5, 5.41) is 0. The Morgan fingerprint density at radius 1 is 1.32 bits per heavy atom. The van der Waals surface area contributed by atoms with Crippen molar-refractivity contribution in [2.75, 3.05) is 7.11 Å². The molecule has 4 nitrogen and oxygen atoms in total. The smallest absolute Gasteiger partial charge is 0.308 e. The molecule has 1 aliphatic carbocycles. The van der Waals surface area contributed by atoms with Gasteiger partial charge in [0.15, 0.2) is 5.88 Å². The Bertz CT molecular complexity index is 431. The van der Waals surface area contributed by atoms with Crippen LogP contribution in [0.5, 0.6) is 5.88 Å². The maximum absolute atomic E-state index is 11.5.